The van der Waals surface area contributed by atoms with Crippen LogP contribution in [0, 0.1) is 5.92 Å². The molecule has 1 aromatic carbocycles. The molecule has 1 aromatic heterocycles. The first-order valence-electron chi connectivity index (χ1n) is 12.0. The number of unbranched alkanes of at least 4 members (excludes halogenated alkanes) is 1. The van der Waals surface area contributed by atoms with Gasteiger partial charge in [-0.2, -0.15) is 0 Å². The molecular weight excluding hydrogens is 500 g/mol. The predicted octanol–water partition coefficient (Wildman–Crippen LogP) is 0.577. The van der Waals surface area contributed by atoms with E-state index in [4.69, 9.17) is 0 Å². The Kier molecular flexibility index (Phi) is 9.10. The van der Waals surface area contributed by atoms with Crippen LogP contribution < -0.4 is 21.5 Å². The monoisotopic (exact) mass is 534 g/mol. The summed E-state index contributed by atoms with van der Waals surface area (Å²) in [6.07, 6.45) is 10.3. The lowest BCUT2D eigenvalue weighted by molar-refractivity contribution is -0.697. The lowest BCUT2D eigenvalue weighted by Crippen LogP contribution is -3.00. The Morgan fingerprint density at radius 2 is 1.73 bits per heavy atom. The lowest BCUT2D eigenvalue weighted by atomic mass is 9.73. The first kappa shape index (κ1) is 25.9. The van der Waals surface area contributed by atoms with Gasteiger partial charge in [0.25, 0.3) is 0 Å². The van der Waals surface area contributed by atoms with Crippen LogP contribution in [0.15, 0.2) is 60.9 Å². The number of aryl methyl sites for hydroxylation is 1. The van der Waals surface area contributed by atoms with Crippen LogP contribution in [0.25, 0.3) is 0 Å². The quantitative estimate of drug-likeness (QED) is 0.385. The van der Waals surface area contributed by atoms with E-state index in [0.29, 0.717) is 19.5 Å². The number of rotatable bonds is 7. The second-order valence-electron chi connectivity index (χ2n) is 9.39. The summed E-state index contributed by atoms with van der Waals surface area (Å²) in [5.41, 5.74) is 1.17. The summed E-state index contributed by atoms with van der Waals surface area (Å²) in [5, 5.41) is 0. The summed E-state index contributed by atoms with van der Waals surface area (Å²) >= 11 is 0. The zero-order valence-corrected chi connectivity index (χ0v) is 21.6. The summed E-state index contributed by atoms with van der Waals surface area (Å²) in [6, 6.07) is 16.2. The molecule has 0 bridgehead atoms. The highest BCUT2D eigenvalue weighted by Gasteiger charge is 2.53. The van der Waals surface area contributed by atoms with Crippen molar-refractivity contribution in [1.82, 2.24) is 4.90 Å². The van der Waals surface area contributed by atoms with E-state index in [2.05, 4.69) is 16.7 Å². The zero-order valence-electron chi connectivity index (χ0n) is 19.2. The second-order valence-corrected chi connectivity index (χ2v) is 11.8. The van der Waals surface area contributed by atoms with E-state index in [-0.39, 0.29) is 41.0 Å². The summed E-state index contributed by atoms with van der Waals surface area (Å²) < 4.78 is 28.4. The van der Waals surface area contributed by atoms with Gasteiger partial charge in [-0.25, -0.2) is 13.0 Å². The Hall–Kier alpha value is -1.73. The van der Waals surface area contributed by atoms with E-state index in [0.717, 1.165) is 45.1 Å². The number of hydrogen-bond acceptors (Lipinski definition) is 3. The average molecular weight is 536 g/mol. The van der Waals surface area contributed by atoms with Crippen LogP contribution in [0.1, 0.15) is 50.5 Å². The Bertz CT molecular complexity index is 1000. The van der Waals surface area contributed by atoms with E-state index in [9.17, 15) is 13.2 Å². The number of benzene rings is 1. The molecule has 1 aliphatic carbocycles. The van der Waals surface area contributed by atoms with Crippen molar-refractivity contribution in [2.75, 3.05) is 18.8 Å². The molecule has 0 radical (unpaired) electrons. The SMILES string of the molecule is O=C1CC2(CCCCC2Cc2ccccc2)S(=O)(=O)CCN1CCCC[n+]1ccccc1.[Br-]. The van der Waals surface area contributed by atoms with Crippen molar-refractivity contribution < 1.29 is 34.8 Å². The number of aromatic nitrogens is 1. The molecule has 2 aliphatic rings. The number of nitrogens with zero attached hydrogens (tertiary/aromatic N) is 2. The van der Waals surface area contributed by atoms with Gasteiger partial charge in [0.1, 0.15) is 6.54 Å². The lowest BCUT2D eigenvalue weighted by Gasteiger charge is -2.42. The van der Waals surface area contributed by atoms with Gasteiger partial charge in [-0.3, -0.25) is 4.79 Å². The molecule has 0 N–H and O–H groups in total. The molecule has 1 amide bonds. The largest absolute Gasteiger partial charge is 1.00 e. The van der Waals surface area contributed by atoms with E-state index in [1.165, 1.54) is 5.56 Å². The van der Waals surface area contributed by atoms with Gasteiger partial charge in [0.2, 0.25) is 5.91 Å². The Morgan fingerprint density at radius 3 is 2.48 bits per heavy atom. The average Bonchev–Trinajstić information content (AvgIpc) is 2.89. The molecule has 4 rings (SSSR count). The smallest absolute Gasteiger partial charge is 0.224 e. The van der Waals surface area contributed by atoms with Crippen molar-refractivity contribution in [3.63, 3.8) is 0 Å². The van der Waals surface area contributed by atoms with Crippen LogP contribution in [0.3, 0.4) is 0 Å². The number of carbonyl (C=O) groups excluding carboxylic acids is 1. The molecule has 1 aliphatic heterocycles. The van der Waals surface area contributed by atoms with Gasteiger partial charge < -0.3 is 21.9 Å². The van der Waals surface area contributed by atoms with Crippen LogP contribution in [0.5, 0.6) is 0 Å². The third-order valence-electron chi connectivity index (χ3n) is 7.40. The number of halogens is 1. The highest BCUT2D eigenvalue weighted by Crippen LogP contribution is 2.46. The standard InChI is InChI=1S/C26H35N2O3S.BrH/c29-25-22-26(14-6-5-13-24(26)21-23-11-3-1-4-12-23)32(30,31)20-19-28(25)18-10-9-17-27-15-7-2-8-16-27;/h1-4,7-8,11-12,15-16,24H,5-6,9-10,13-14,17-22H2;1H/q+1;/p-1. The third-order valence-corrected chi connectivity index (χ3v) is 10.0. The minimum Gasteiger partial charge on any atom is -1.00 e. The maximum atomic E-state index is 13.6. The highest BCUT2D eigenvalue weighted by atomic mass is 79.9. The van der Waals surface area contributed by atoms with Gasteiger partial charge >= 0.3 is 0 Å². The van der Waals surface area contributed by atoms with E-state index in [1.807, 2.05) is 53.7 Å². The molecule has 2 heterocycles. The molecule has 1 spiro atoms. The van der Waals surface area contributed by atoms with E-state index < -0.39 is 14.6 Å². The molecule has 2 atom stereocenters. The molecule has 1 saturated carbocycles. The van der Waals surface area contributed by atoms with Gasteiger partial charge in [-0.1, -0.05) is 49.2 Å². The molecule has 33 heavy (non-hydrogen) atoms. The molecule has 2 aromatic rings. The number of sulfone groups is 1. The molecule has 7 heteroatoms. The Balaban J connectivity index is 0.00000306. The van der Waals surface area contributed by atoms with Crippen molar-refractivity contribution in [1.29, 1.82) is 0 Å². The molecule has 5 nitrogen and oxygen atoms in total. The fourth-order valence-electron chi connectivity index (χ4n) is 5.56. The summed E-state index contributed by atoms with van der Waals surface area (Å²) in [6.45, 7) is 1.88. The molecule has 2 unspecified atom stereocenters. The first-order chi connectivity index (χ1) is 15.5. The molecule has 180 valence electrons. The van der Waals surface area contributed by atoms with Crippen molar-refractivity contribution >= 4 is 15.7 Å². The molecule has 2 fully saturated rings. The van der Waals surface area contributed by atoms with Crippen LogP contribution in [-0.2, 0) is 27.6 Å². The number of hydrogen-bond donors (Lipinski definition) is 0. The fourth-order valence-corrected chi connectivity index (χ4v) is 7.94. The number of pyridine rings is 1. The molecule has 1 saturated heterocycles. The zero-order chi connectivity index (χ0) is 22.4. The normalized spacial score (nSPS) is 24.8. The van der Waals surface area contributed by atoms with Crippen molar-refractivity contribution in [3.8, 4) is 0 Å². The third kappa shape index (κ3) is 6.04. The van der Waals surface area contributed by atoms with Gasteiger partial charge in [-0.05, 0) is 37.2 Å². The van der Waals surface area contributed by atoms with E-state index >= 15 is 0 Å². The van der Waals surface area contributed by atoms with Gasteiger partial charge in [0.15, 0.2) is 22.2 Å². The van der Waals surface area contributed by atoms with Gasteiger partial charge in [-0.15, -0.1) is 0 Å². The summed E-state index contributed by atoms with van der Waals surface area (Å²) in [7, 11) is -3.36. The second kappa shape index (κ2) is 11.6. The first-order valence-corrected chi connectivity index (χ1v) is 13.6. The van der Waals surface area contributed by atoms with E-state index in [1.54, 1.807) is 0 Å². The Morgan fingerprint density at radius 1 is 1.00 bits per heavy atom. The minimum absolute atomic E-state index is 0. The van der Waals surface area contributed by atoms with Crippen molar-refractivity contribution in [3.05, 3.63) is 66.5 Å². The van der Waals surface area contributed by atoms with Crippen LogP contribution >= 0.6 is 0 Å². The van der Waals surface area contributed by atoms with Crippen LogP contribution in [-0.4, -0.2) is 42.8 Å². The highest BCUT2D eigenvalue weighted by molar-refractivity contribution is 7.92. The predicted molar refractivity (Wildman–Crippen MR) is 126 cm³/mol. The maximum absolute atomic E-state index is 13.6. The Labute approximate surface area is 208 Å². The summed E-state index contributed by atoms with van der Waals surface area (Å²) in [4.78, 5) is 15.1. The fraction of sp³-hybridized carbons (Fsp3) is 0.538. The van der Waals surface area contributed by atoms with Crippen molar-refractivity contribution in [2.45, 2.75) is 62.7 Å². The van der Waals surface area contributed by atoms with Gasteiger partial charge in [0, 0.05) is 38.1 Å². The van der Waals surface area contributed by atoms with Gasteiger partial charge in [0.05, 0.1) is 10.5 Å². The van der Waals surface area contributed by atoms with Crippen LogP contribution in [0.2, 0.25) is 0 Å². The minimum atomic E-state index is -3.36. The maximum Gasteiger partial charge on any atom is 0.224 e. The topological polar surface area (TPSA) is 58.3 Å². The number of carbonyl (C=O) groups is 1. The van der Waals surface area contributed by atoms with Crippen LogP contribution in [0.4, 0.5) is 0 Å². The number of amides is 1. The summed E-state index contributed by atoms with van der Waals surface area (Å²) in [5.74, 6) is 0.137. The van der Waals surface area contributed by atoms with Crippen molar-refractivity contribution in [2.24, 2.45) is 5.92 Å². The molecular formula is C26H35BrN2O3S.